The van der Waals surface area contributed by atoms with Crippen LogP contribution in [-0.2, 0) is 11.2 Å². The third kappa shape index (κ3) is 3.60. The van der Waals surface area contributed by atoms with Crippen molar-refractivity contribution in [3.63, 3.8) is 0 Å². The molecule has 0 atom stereocenters. The van der Waals surface area contributed by atoms with Gasteiger partial charge in [-0.25, -0.2) is 4.79 Å². The lowest BCUT2D eigenvalue weighted by atomic mass is 10.1. The number of hydrogen-bond acceptors (Lipinski definition) is 2. The van der Waals surface area contributed by atoms with Gasteiger partial charge in [-0.15, -0.1) is 0 Å². The van der Waals surface area contributed by atoms with E-state index in [1.807, 2.05) is 30.3 Å². The minimum atomic E-state index is -1.40. The molecule has 0 saturated heterocycles. The number of hydrogen-bond donors (Lipinski definition) is 0. The molecule has 0 spiro atoms. The molecule has 68 valence electrons. The van der Waals surface area contributed by atoms with Gasteiger partial charge in [0.05, 0.1) is 0 Å². The van der Waals surface area contributed by atoms with Gasteiger partial charge in [0.1, 0.15) is 0 Å². The van der Waals surface area contributed by atoms with E-state index in [0.29, 0.717) is 6.42 Å². The van der Waals surface area contributed by atoms with Crippen molar-refractivity contribution < 1.29 is 4.79 Å². The SMILES string of the molecule is O=C=NC(Cl)(Cl)Cc1ccccc1. The Morgan fingerprint density at radius 1 is 1.31 bits per heavy atom. The smallest absolute Gasteiger partial charge is 0.211 e. The van der Waals surface area contributed by atoms with Crippen LogP contribution in [0.2, 0.25) is 0 Å². The van der Waals surface area contributed by atoms with Crippen molar-refractivity contribution in [3.05, 3.63) is 35.9 Å². The first kappa shape index (κ1) is 10.3. The second kappa shape index (κ2) is 4.43. The molecule has 0 aliphatic carbocycles. The quantitative estimate of drug-likeness (QED) is 0.330. The van der Waals surface area contributed by atoms with E-state index in [4.69, 9.17) is 23.2 Å². The first-order valence-electron chi connectivity index (χ1n) is 3.65. The van der Waals surface area contributed by atoms with Gasteiger partial charge < -0.3 is 0 Å². The monoisotopic (exact) mass is 215 g/mol. The zero-order chi connectivity index (χ0) is 9.73. The summed E-state index contributed by atoms with van der Waals surface area (Å²) < 4.78 is -1.40. The predicted octanol–water partition coefficient (Wildman–Crippen LogP) is 2.70. The molecule has 2 nitrogen and oxygen atoms in total. The van der Waals surface area contributed by atoms with Gasteiger partial charge in [0, 0.05) is 6.42 Å². The number of aliphatic imine (C=N–C) groups is 1. The highest BCUT2D eigenvalue weighted by Gasteiger charge is 2.22. The summed E-state index contributed by atoms with van der Waals surface area (Å²) in [6.07, 6.45) is 1.64. The van der Waals surface area contributed by atoms with Crippen molar-refractivity contribution in [2.75, 3.05) is 0 Å². The molecule has 0 amide bonds. The zero-order valence-corrected chi connectivity index (χ0v) is 8.22. The summed E-state index contributed by atoms with van der Waals surface area (Å²) in [7, 11) is 0. The van der Waals surface area contributed by atoms with Gasteiger partial charge in [0.15, 0.2) is 0 Å². The Morgan fingerprint density at radius 3 is 2.46 bits per heavy atom. The van der Waals surface area contributed by atoms with Crippen LogP contribution in [0.15, 0.2) is 35.3 Å². The number of alkyl halides is 2. The van der Waals surface area contributed by atoms with Crippen LogP contribution in [0.5, 0.6) is 0 Å². The molecule has 1 aromatic carbocycles. The fourth-order valence-electron chi connectivity index (χ4n) is 0.948. The molecule has 1 rings (SSSR count). The van der Waals surface area contributed by atoms with E-state index in [-0.39, 0.29) is 0 Å². The minimum Gasteiger partial charge on any atom is -0.211 e. The zero-order valence-electron chi connectivity index (χ0n) is 6.71. The summed E-state index contributed by atoms with van der Waals surface area (Å²) in [4.78, 5) is 13.2. The summed E-state index contributed by atoms with van der Waals surface area (Å²) >= 11 is 11.4. The fraction of sp³-hybridized carbons (Fsp3) is 0.222. The molecule has 13 heavy (non-hydrogen) atoms. The van der Waals surface area contributed by atoms with Crippen LogP contribution in [0.3, 0.4) is 0 Å². The minimum absolute atomic E-state index is 0.298. The Kier molecular flexibility index (Phi) is 3.49. The lowest BCUT2D eigenvalue weighted by Crippen LogP contribution is -2.12. The lowest BCUT2D eigenvalue weighted by molar-refractivity contribution is 0.560. The Morgan fingerprint density at radius 2 is 1.92 bits per heavy atom. The first-order valence-corrected chi connectivity index (χ1v) is 4.40. The van der Waals surface area contributed by atoms with Gasteiger partial charge in [-0.05, 0) is 5.56 Å². The Balaban J connectivity index is 2.74. The summed E-state index contributed by atoms with van der Waals surface area (Å²) in [5.41, 5.74) is 0.923. The number of halogens is 2. The normalized spacial score (nSPS) is 10.6. The third-order valence-corrected chi connectivity index (χ3v) is 1.91. The molecule has 0 aliphatic heterocycles. The maximum atomic E-state index is 9.95. The highest BCUT2D eigenvalue weighted by atomic mass is 35.5. The average Bonchev–Trinajstić information content (AvgIpc) is 2.04. The van der Waals surface area contributed by atoms with Crippen molar-refractivity contribution in [2.45, 2.75) is 10.9 Å². The molecule has 0 aromatic heterocycles. The van der Waals surface area contributed by atoms with Gasteiger partial charge in [-0.1, -0.05) is 53.5 Å². The number of carbonyl (C=O) groups excluding carboxylic acids is 1. The molecular weight excluding hydrogens is 209 g/mol. The van der Waals surface area contributed by atoms with E-state index in [1.54, 1.807) is 0 Å². The van der Waals surface area contributed by atoms with Crippen LogP contribution in [0.25, 0.3) is 0 Å². The second-order valence-electron chi connectivity index (χ2n) is 2.53. The number of benzene rings is 1. The molecule has 1 aromatic rings. The maximum absolute atomic E-state index is 9.95. The van der Waals surface area contributed by atoms with Crippen LogP contribution < -0.4 is 0 Å². The van der Waals surface area contributed by atoms with Crippen LogP contribution >= 0.6 is 23.2 Å². The summed E-state index contributed by atoms with van der Waals surface area (Å²) in [5, 5.41) is 0. The first-order chi connectivity index (χ1) is 6.14. The van der Waals surface area contributed by atoms with Crippen molar-refractivity contribution in [2.24, 2.45) is 4.99 Å². The third-order valence-electron chi connectivity index (χ3n) is 1.47. The van der Waals surface area contributed by atoms with Gasteiger partial charge in [-0.2, -0.15) is 4.99 Å². The van der Waals surface area contributed by atoms with Crippen molar-refractivity contribution in [1.82, 2.24) is 0 Å². The van der Waals surface area contributed by atoms with Crippen molar-refractivity contribution in [1.29, 1.82) is 0 Å². The predicted molar refractivity (Wildman–Crippen MR) is 52.7 cm³/mol. The average molecular weight is 216 g/mol. The second-order valence-corrected chi connectivity index (χ2v) is 3.98. The standard InChI is InChI=1S/C9H7Cl2NO/c10-9(11,12-7-13)6-8-4-2-1-3-5-8/h1-5H,6H2. The van der Waals surface area contributed by atoms with Crippen LogP contribution in [-0.4, -0.2) is 10.5 Å². The van der Waals surface area contributed by atoms with E-state index in [9.17, 15) is 4.79 Å². The van der Waals surface area contributed by atoms with Gasteiger partial charge >= 0.3 is 0 Å². The van der Waals surface area contributed by atoms with Gasteiger partial charge in [0.25, 0.3) is 0 Å². The molecule has 0 saturated carbocycles. The van der Waals surface area contributed by atoms with Crippen LogP contribution in [0.4, 0.5) is 0 Å². The highest BCUT2D eigenvalue weighted by molar-refractivity contribution is 6.48. The van der Waals surface area contributed by atoms with Gasteiger partial charge in [-0.3, -0.25) is 0 Å². The van der Waals surface area contributed by atoms with Crippen molar-refractivity contribution in [3.8, 4) is 0 Å². The fourth-order valence-corrected chi connectivity index (χ4v) is 1.33. The Bertz CT molecular complexity index is 318. The molecule has 0 aliphatic rings. The van der Waals surface area contributed by atoms with E-state index < -0.39 is 4.46 Å². The lowest BCUT2D eigenvalue weighted by Gasteiger charge is -2.11. The maximum Gasteiger partial charge on any atom is 0.238 e. The topological polar surface area (TPSA) is 29.4 Å². The molecule has 0 heterocycles. The number of isocyanates is 1. The van der Waals surface area contributed by atoms with Crippen LogP contribution in [0.1, 0.15) is 5.56 Å². The largest absolute Gasteiger partial charge is 0.238 e. The number of rotatable bonds is 3. The van der Waals surface area contributed by atoms with Gasteiger partial charge in [0.2, 0.25) is 10.5 Å². The molecule has 0 unspecified atom stereocenters. The summed E-state index contributed by atoms with van der Waals surface area (Å²) in [6.45, 7) is 0. The molecule has 0 radical (unpaired) electrons. The van der Waals surface area contributed by atoms with E-state index in [0.717, 1.165) is 5.56 Å². The molecule has 0 N–H and O–H groups in total. The molecule has 4 heteroatoms. The van der Waals surface area contributed by atoms with Crippen molar-refractivity contribution >= 4 is 29.3 Å². The van der Waals surface area contributed by atoms with Crippen LogP contribution in [0, 0.1) is 0 Å². The molecular formula is C9H7Cl2NO. The van der Waals surface area contributed by atoms with E-state index in [2.05, 4.69) is 4.99 Å². The molecule has 0 fully saturated rings. The summed E-state index contributed by atoms with van der Waals surface area (Å²) in [6, 6.07) is 9.34. The van der Waals surface area contributed by atoms with E-state index in [1.165, 1.54) is 6.08 Å². The highest BCUT2D eigenvalue weighted by Crippen LogP contribution is 2.26. The summed E-state index contributed by atoms with van der Waals surface area (Å²) in [5.74, 6) is 0. The number of nitrogens with zero attached hydrogens (tertiary/aromatic N) is 1. The van der Waals surface area contributed by atoms with E-state index >= 15 is 0 Å². The molecule has 0 bridgehead atoms. The Hall–Kier alpha value is -0.820. The Labute approximate surface area is 86.2 Å².